The molecule has 2 N–H and O–H groups in total. The molecule has 5 heteroatoms. The van der Waals surface area contributed by atoms with Gasteiger partial charge in [0.1, 0.15) is 0 Å². The lowest BCUT2D eigenvalue weighted by atomic mass is 10.1. The predicted octanol–water partition coefficient (Wildman–Crippen LogP) is 3.20. The minimum absolute atomic E-state index is 0.495. The Morgan fingerprint density at radius 3 is 2.65 bits per heavy atom. The Morgan fingerprint density at radius 1 is 1.30 bits per heavy atom. The van der Waals surface area contributed by atoms with Gasteiger partial charge >= 0.3 is 0 Å². The van der Waals surface area contributed by atoms with E-state index in [1.807, 2.05) is 24.3 Å². The summed E-state index contributed by atoms with van der Waals surface area (Å²) in [5, 5.41) is 21.1. The van der Waals surface area contributed by atoms with Crippen molar-refractivity contribution < 1.29 is 10.0 Å². The molecule has 0 saturated heterocycles. The number of nitrogens with zero attached hydrogens (tertiary/aromatic N) is 1. The smallest absolute Gasteiger partial charge is 0.235 e. The normalized spacial score (nSPS) is 12.8. The summed E-state index contributed by atoms with van der Waals surface area (Å²) < 4.78 is 0. The van der Waals surface area contributed by atoms with E-state index in [4.69, 9.17) is 0 Å². The molecule has 0 aliphatic rings. The molecule has 20 heavy (non-hydrogen) atoms. The molecule has 0 aliphatic carbocycles. The lowest BCUT2D eigenvalue weighted by Gasteiger charge is -2.09. The van der Waals surface area contributed by atoms with E-state index in [-0.39, 0.29) is 0 Å². The first-order chi connectivity index (χ1) is 9.37. The molecule has 2 rings (SSSR count). The van der Waals surface area contributed by atoms with Crippen LogP contribution in [-0.2, 0) is 0 Å². The van der Waals surface area contributed by atoms with E-state index >= 15 is 0 Å². The molecule has 1 aromatic heterocycles. The number of H-pyrrole nitrogens is 1. The van der Waals surface area contributed by atoms with Crippen LogP contribution >= 0.6 is 0 Å². The number of nitro groups is 1. The average Bonchev–Trinajstić information content (AvgIpc) is 2.71. The molecule has 104 valence electrons. The molecule has 0 bridgehead atoms. The average molecular weight is 272 g/mol. The minimum atomic E-state index is -0.943. The highest BCUT2D eigenvalue weighted by molar-refractivity contribution is 5.93. The van der Waals surface area contributed by atoms with Crippen molar-refractivity contribution in [1.82, 2.24) is 4.98 Å². The molecular formula is C15H16N2O3. The highest BCUT2D eigenvalue weighted by Gasteiger charge is 2.10. The van der Waals surface area contributed by atoms with E-state index in [0.717, 1.165) is 28.4 Å². The van der Waals surface area contributed by atoms with Gasteiger partial charge < -0.3 is 10.1 Å². The number of aromatic nitrogens is 1. The predicted molar refractivity (Wildman–Crippen MR) is 79.7 cm³/mol. The van der Waals surface area contributed by atoms with Crippen LogP contribution in [0.25, 0.3) is 23.1 Å². The molecule has 0 saturated carbocycles. The van der Waals surface area contributed by atoms with Gasteiger partial charge in [0.15, 0.2) is 0 Å². The molecule has 0 aliphatic heterocycles. The third-order valence-corrected chi connectivity index (χ3v) is 2.80. The van der Waals surface area contributed by atoms with Gasteiger partial charge in [-0.25, -0.2) is 0 Å². The highest BCUT2D eigenvalue weighted by Crippen LogP contribution is 2.25. The number of fused-ring (bicyclic) bond motifs is 1. The third-order valence-electron chi connectivity index (χ3n) is 2.80. The lowest BCUT2D eigenvalue weighted by molar-refractivity contribution is -0.400. The summed E-state index contributed by atoms with van der Waals surface area (Å²) in [7, 11) is 0. The van der Waals surface area contributed by atoms with Gasteiger partial charge in [-0.2, -0.15) is 0 Å². The van der Waals surface area contributed by atoms with Gasteiger partial charge in [0.25, 0.3) is 0 Å². The van der Waals surface area contributed by atoms with Gasteiger partial charge in [0.2, 0.25) is 6.20 Å². The zero-order valence-corrected chi connectivity index (χ0v) is 11.3. The monoisotopic (exact) mass is 272 g/mol. The largest absolute Gasteiger partial charge is 0.386 e. The molecule has 0 spiro atoms. The third kappa shape index (κ3) is 3.33. The van der Waals surface area contributed by atoms with Gasteiger partial charge in [0, 0.05) is 28.2 Å². The molecule has 0 atom stereocenters. The summed E-state index contributed by atoms with van der Waals surface area (Å²) in [5.74, 6) is 0. The fourth-order valence-corrected chi connectivity index (χ4v) is 1.92. The van der Waals surface area contributed by atoms with Crippen LogP contribution in [0.5, 0.6) is 0 Å². The van der Waals surface area contributed by atoms with Crippen molar-refractivity contribution in [2.45, 2.75) is 19.4 Å². The Labute approximate surface area is 116 Å². The SMILES string of the molecule is CC(C)(O)/C=C/c1[nH]c2ccccc2c1/C=C/[N+](=O)[O-]. The van der Waals surface area contributed by atoms with Crippen LogP contribution in [0, 0.1) is 10.1 Å². The number of nitrogens with one attached hydrogen (secondary N) is 1. The van der Waals surface area contributed by atoms with Crippen LogP contribution in [0.15, 0.2) is 36.5 Å². The van der Waals surface area contributed by atoms with E-state index < -0.39 is 10.5 Å². The number of para-hydroxylation sites is 1. The van der Waals surface area contributed by atoms with Crippen molar-refractivity contribution in [2.24, 2.45) is 0 Å². The Kier molecular flexibility index (Phi) is 3.72. The van der Waals surface area contributed by atoms with Gasteiger partial charge in [-0.3, -0.25) is 10.1 Å². The second-order valence-corrected chi connectivity index (χ2v) is 5.09. The molecule has 0 unspecified atom stereocenters. The van der Waals surface area contributed by atoms with Crippen molar-refractivity contribution >= 4 is 23.1 Å². The van der Waals surface area contributed by atoms with Crippen molar-refractivity contribution in [3.63, 3.8) is 0 Å². The van der Waals surface area contributed by atoms with E-state index in [1.54, 1.807) is 26.0 Å². The van der Waals surface area contributed by atoms with Crippen LogP contribution < -0.4 is 0 Å². The maximum absolute atomic E-state index is 10.5. The summed E-state index contributed by atoms with van der Waals surface area (Å²) in [6.45, 7) is 3.33. The van der Waals surface area contributed by atoms with Crippen LogP contribution in [0.2, 0.25) is 0 Å². The number of hydrogen-bond acceptors (Lipinski definition) is 3. The van der Waals surface area contributed by atoms with E-state index in [2.05, 4.69) is 4.98 Å². The van der Waals surface area contributed by atoms with E-state index in [9.17, 15) is 15.2 Å². The van der Waals surface area contributed by atoms with Gasteiger partial charge in [0.05, 0.1) is 10.5 Å². The van der Waals surface area contributed by atoms with Crippen molar-refractivity contribution in [1.29, 1.82) is 0 Å². The minimum Gasteiger partial charge on any atom is -0.386 e. The standard InChI is InChI=1S/C15H16N2O3/c1-15(2,18)9-7-14-12(8-10-17(19)20)11-5-3-4-6-13(11)16-14/h3-10,16,18H,1-2H3/b9-7+,10-8+. The Bertz CT molecular complexity index is 691. The number of aromatic amines is 1. The Morgan fingerprint density at radius 2 is 2.00 bits per heavy atom. The van der Waals surface area contributed by atoms with E-state index in [1.165, 1.54) is 6.08 Å². The molecule has 1 heterocycles. The van der Waals surface area contributed by atoms with Gasteiger partial charge in [-0.05, 0) is 26.0 Å². The molecule has 0 amide bonds. The van der Waals surface area contributed by atoms with Crippen molar-refractivity contribution in [3.8, 4) is 0 Å². The van der Waals surface area contributed by atoms with E-state index in [0.29, 0.717) is 0 Å². The summed E-state index contributed by atoms with van der Waals surface area (Å²) in [6, 6.07) is 7.57. The lowest BCUT2D eigenvalue weighted by Crippen LogP contribution is -2.13. The maximum Gasteiger partial charge on any atom is 0.235 e. The highest BCUT2D eigenvalue weighted by atomic mass is 16.6. The fourth-order valence-electron chi connectivity index (χ4n) is 1.92. The number of aliphatic hydroxyl groups is 1. The summed E-state index contributed by atoms with van der Waals surface area (Å²) in [4.78, 5) is 13.2. The first kappa shape index (κ1) is 14.0. The van der Waals surface area contributed by atoms with Crippen LogP contribution in [0.1, 0.15) is 25.1 Å². The first-order valence-electron chi connectivity index (χ1n) is 6.21. The summed E-state index contributed by atoms with van der Waals surface area (Å²) in [5.41, 5.74) is 1.41. The van der Waals surface area contributed by atoms with Gasteiger partial charge in [-0.15, -0.1) is 0 Å². The quantitative estimate of drug-likeness (QED) is 0.662. The number of rotatable bonds is 4. The molecule has 0 fully saturated rings. The molecule has 0 radical (unpaired) electrons. The van der Waals surface area contributed by atoms with Crippen LogP contribution in [0.3, 0.4) is 0 Å². The Hall–Kier alpha value is -2.40. The number of hydrogen-bond donors (Lipinski definition) is 2. The Balaban J connectivity index is 2.55. The summed E-state index contributed by atoms with van der Waals surface area (Å²) in [6.07, 6.45) is 5.75. The second kappa shape index (κ2) is 5.30. The first-order valence-corrected chi connectivity index (χ1v) is 6.21. The zero-order chi connectivity index (χ0) is 14.8. The van der Waals surface area contributed by atoms with Crippen LogP contribution in [-0.4, -0.2) is 20.6 Å². The van der Waals surface area contributed by atoms with Crippen molar-refractivity contribution in [2.75, 3.05) is 0 Å². The molecule has 1 aromatic carbocycles. The molecular weight excluding hydrogens is 256 g/mol. The van der Waals surface area contributed by atoms with Crippen LogP contribution in [0.4, 0.5) is 0 Å². The topological polar surface area (TPSA) is 79.2 Å². The maximum atomic E-state index is 10.5. The number of benzene rings is 1. The molecule has 2 aromatic rings. The van der Waals surface area contributed by atoms with Gasteiger partial charge in [-0.1, -0.05) is 24.3 Å². The molecule has 5 nitrogen and oxygen atoms in total. The second-order valence-electron chi connectivity index (χ2n) is 5.09. The zero-order valence-electron chi connectivity index (χ0n) is 11.3. The van der Waals surface area contributed by atoms with Crippen molar-refractivity contribution in [3.05, 3.63) is 57.9 Å². The fraction of sp³-hybridized carbons (Fsp3) is 0.200. The summed E-state index contributed by atoms with van der Waals surface area (Å²) >= 11 is 0.